The van der Waals surface area contributed by atoms with E-state index in [1.165, 1.54) is 19.1 Å². The maximum Gasteiger partial charge on any atom is 0.270 e. The summed E-state index contributed by atoms with van der Waals surface area (Å²) in [6, 6.07) is 6.93. The van der Waals surface area contributed by atoms with Crippen LogP contribution in [0.1, 0.15) is 12.5 Å². The van der Waals surface area contributed by atoms with Crippen LogP contribution in [0.15, 0.2) is 41.6 Å². The standard InChI is InChI=1S/C18H16F3N3O3/c1-10-3-5-16(13(20)7-10)24-18(26)11(2)27-22-9-17(25)23-15-6-4-12(19)8-14(15)21/h3-9,11H,1-2H3,(H,23,25)(H,24,26)/b22-9+. The number of hydrogen-bond acceptors (Lipinski definition) is 4. The van der Waals surface area contributed by atoms with Gasteiger partial charge < -0.3 is 15.5 Å². The lowest BCUT2D eigenvalue weighted by Crippen LogP contribution is -2.27. The maximum absolute atomic E-state index is 13.7. The molecule has 2 aromatic rings. The zero-order chi connectivity index (χ0) is 20.0. The van der Waals surface area contributed by atoms with Gasteiger partial charge >= 0.3 is 0 Å². The molecule has 1 unspecified atom stereocenters. The van der Waals surface area contributed by atoms with Crippen molar-refractivity contribution in [3.05, 3.63) is 59.4 Å². The third-order valence-corrected chi connectivity index (χ3v) is 3.33. The van der Waals surface area contributed by atoms with Crippen molar-refractivity contribution >= 4 is 29.4 Å². The van der Waals surface area contributed by atoms with Gasteiger partial charge in [-0.2, -0.15) is 0 Å². The Morgan fingerprint density at radius 1 is 1.04 bits per heavy atom. The Morgan fingerprint density at radius 3 is 2.33 bits per heavy atom. The number of nitrogens with zero attached hydrogens (tertiary/aromatic N) is 1. The van der Waals surface area contributed by atoms with Crippen LogP contribution in [0.25, 0.3) is 0 Å². The van der Waals surface area contributed by atoms with Crippen molar-refractivity contribution in [2.45, 2.75) is 20.0 Å². The Labute approximate surface area is 153 Å². The van der Waals surface area contributed by atoms with Gasteiger partial charge in [0.1, 0.15) is 23.7 Å². The van der Waals surface area contributed by atoms with Gasteiger partial charge in [-0.3, -0.25) is 9.59 Å². The molecule has 0 spiro atoms. The summed E-state index contributed by atoms with van der Waals surface area (Å²) in [5.41, 5.74) is 0.436. The Bertz CT molecular complexity index is 887. The Morgan fingerprint density at radius 2 is 1.67 bits per heavy atom. The minimum Gasteiger partial charge on any atom is -0.383 e. The first kappa shape index (κ1) is 20.0. The van der Waals surface area contributed by atoms with Crippen molar-refractivity contribution in [1.29, 1.82) is 0 Å². The fourth-order valence-corrected chi connectivity index (χ4v) is 1.93. The normalized spacial score (nSPS) is 11.9. The van der Waals surface area contributed by atoms with E-state index in [2.05, 4.69) is 15.8 Å². The van der Waals surface area contributed by atoms with Gasteiger partial charge in [0, 0.05) is 6.07 Å². The minimum atomic E-state index is -1.13. The molecule has 6 nitrogen and oxygen atoms in total. The van der Waals surface area contributed by atoms with Gasteiger partial charge in [-0.25, -0.2) is 13.2 Å². The lowest BCUT2D eigenvalue weighted by Gasteiger charge is -2.11. The molecule has 2 amide bonds. The Balaban J connectivity index is 1.86. The van der Waals surface area contributed by atoms with Crippen LogP contribution in [-0.4, -0.2) is 24.1 Å². The summed E-state index contributed by atoms with van der Waals surface area (Å²) in [5.74, 6) is -3.87. The van der Waals surface area contributed by atoms with Gasteiger partial charge in [0.05, 0.1) is 11.4 Å². The third-order valence-electron chi connectivity index (χ3n) is 3.33. The van der Waals surface area contributed by atoms with Crippen LogP contribution in [0.4, 0.5) is 24.5 Å². The molecule has 9 heteroatoms. The van der Waals surface area contributed by atoms with E-state index in [0.717, 1.165) is 12.1 Å². The van der Waals surface area contributed by atoms with Crippen LogP contribution in [0.3, 0.4) is 0 Å². The zero-order valence-electron chi connectivity index (χ0n) is 14.4. The number of benzene rings is 2. The maximum atomic E-state index is 13.7. The largest absolute Gasteiger partial charge is 0.383 e. The van der Waals surface area contributed by atoms with Crippen LogP contribution >= 0.6 is 0 Å². The monoisotopic (exact) mass is 379 g/mol. The molecule has 0 bridgehead atoms. The van der Waals surface area contributed by atoms with E-state index < -0.39 is 35.4 Å². The van der Waals surface area contributed by atoms with E-state index in [1.54, 1.807) is 13.0 Å². The molecule has 2 N–H and O–H groups in total. The summed E-state index contributed by atoms with van der Waals surface area (Å²) in [5, 5.41) is 7.79. The second-order valence-corrected chi connectivity index (χ2v) is 5.57. The first-order valence-corrected chi connectivity index (χ1v) is 7.78. The van der Waals surface area contributed by atoms with Gasteiger partial charge in [0.2, 0.25) is 6.10 Å². The molecule has 1 atom stereocenters. The number of aryl methyl sites for hydroxylation is 1. The number of carbonyl (C=O) groups excluding carboxylic acids is 2. The Hall–Kier alpha value is -3.36. The molecule has 2 aromatic carbocycles. The molecule has 27 heavy (non-hydrogen) atoms. The minimum absolute atomic E-state index is 0.0189. The summed E-state index contributed by atoms with van der Waals surface area (Å²) < 4.78 is 39.9. The highest BCUT2D eigenvalue weighted by Crippen LogP contribution is 2.16. The molecule has 0 aromatic heterocycles. The van der Waals surface area contributed by atoms with Crippen LogP contribution < -0.4 is 10.6 Å². The van der Waals surface area contributed by atoms with Crippen molar-refractivity contribution < 1.29 is 27.6 Å². The predicted octanol–water partition coefficient (Wildman–Crippen LogP) is 3.38. The van der Waals surface area contributed by atoms with Gasteiger partial charge in [0.25, 0.3) is 11.8 Å². The summed E-state index contributed by atoms with van der Waals surface area (Å²) in [6.45, 7) is 3.05. The third kappa shape index (κ3) is 5.84. The van der Waals surface area contributed by atoms with E-state index in [4.69, 9.17) is 4.84 Å². The highest BCUT2D eigenvalue weighted by Gasteiger charge is 2.16. The number of oxime groups is 1. The van der Waals surface area contributed by atoms with Gasteiger partial charge in [-0.05, 0) is 43.7 Å². The van der Waals surface area contributed by atoms with E-state index in [-0.39, 0.29) is 11.4 Å². The van der Waals surface area contributed by atoms with Crippen LogP contribution in [0.2, 0.25) is 0 Å². The van der Waals surface area contributed by atoms with Crippen molar-refractivity contribution in [2.24, 2.45) is 5.16 Å². The quantitative estimate of drug-likeness (QED) is 0.597. The molecule has 0 fully saturated rings. The number of halogens is 3. The fraction of sp³-hybridized carbons (Fsp3) is 0.167. The molecule has 142 valence electrons. The summed E-state index contributed by atoms with van der Waals surface area (Å²) in [7, 11) is 0. The van der Waals surface area contributed by atoms with Crippen LogP contribution in [-0.2, 0) is 14.4 Å². The average molecular weight is 379 g/mol. The van der Waals surface area contributed by atoms with Gasteiger partial charge in [0.15, 0.2) is 0 Å². The molecule has 0 aliphatic heterocycles. The number of nitrogens with one attached hydrogen (secondary N) is 2. The summed E-state index contributed by atoms with van der Waals surface area (Å²) in [4.78, 5) is 28.4. The number of anilines is 2. The van der Waals surface area contributed by atoms with Crippen molar-refractivity contribution in [3.63, 3.8) is 0 Å². The highest BCUT2D eigenvalue weighted by molar-refractivity contribution is 6.31. The highest BCUT2D eigenvalue weighted by atomic mass is 19.1. The molecule has 0 aliphatic carbocycles. The van der Waals surface area contributed by atoms with E-state index in [1.807, 2.05) is 0 Å². The number of rotatable bonds is 6. The predicted molar refractivity (Wildman–Crippen MR) is 93.8 cm³/mol. The Kier molecular flexibility index (Phi) is 6.53. The molecular weight excluding hydrogens is 363 g/mol. The second-order valence-electron chi connectivity index (χ2n) is 5.57. The zero-order valence-corrected chi connectivity index (χ0v) is 14.4. The van der Waals surface area contributed by atoms with Crippen molar-refractivity contribution in [1.82, 2.24) is 0 Å². The number of hydrogen-bond donors (Lipinski definition) is 2. The topological polar surface area (TPSA) is 79.8 Å². The summed E-state index contributed by atoms with van der Waals surface area (Å²) in [6.07, 6.45) is -0.448. The van der Waals surface area contributed by atoms with Gasteiger partial charge in [-0.15, -0.1) is 0 Å². The van der Waals surface area contributed by atoms with Crippen LogP contribution in [0.5, 0.6) is 0 Å². The average Bonchev–Trinajstić information content (AvgIpc) is 2.59. The molecular formula is C18H16F3N3O3. The van der Waals surface area contributed by atoms with Crippen molar-refractivity contribution in [3.8, 4) is 0 Å². The second kappa shape index (κ2) is 8.84. The van der Waals surface area contributed by atoms with Crippen LogP contribution in [0, 0.1) is 24.4 Å². The van der Waals surface area contributed by atoms with E-state index in [0.29, 0.717) is 17.8 Å². The molecule has 0 heterocycles. The molecule has 0 aliphatic rings. The molecule has 2 rings (SSSR count). The molecule has 0 saturated heterocycles. The number of carbonyl (C=O) groups is 2. The molecule has 0 radical (unpaired) electrons. The summed E-state index contributed by atoms with van der Waals surface area (Å²) >= 11 is 0. The smallest absolute Gasteiger partial charge is 0.270 e. The van der Waals surface area contributed by atoms with E-state index in [9.17, 15) is 22.8 Å². The SMILES string of the molecule is Cc1ccc(NC(=O)C(C)O/N=C/C(=O)Nc2ccc(F)cc2F)c(F)c1. The lowest BCUT2D eigenvalue weighted by atomic mass is 10.2. The fourth-order valence-electron chi connectivity index (χ4n) is 1.93. The molecule has 0 saturated carbocycles. The number of amides is 2. The van der Waals surface area contributed by atoms with E-state index >= 15 is 0 Å². The first-order valence-electron chi connectivity index (χ1n) is 7.78. The lowest BCUT2D eigenvalue weighted by molar-refractivity contribution is -0.126. The van der Waals surface area contributed by atoms with Gasteiger partial charge in [-0.1, -0.05) is 11.2 Å². The van der Waals surface area contributed by atoms with Crippen molar-refractivity contribution in [2.75, 3.05) is 10.6 Å². The first-order chi connectivity index (χ1) is 12.8.